The fourth-order valence-electron chi connectivity index (χ4n) is 2.07. The van der Waals surface area contributed by atoms with E-state index in [-0.39, 0.29) is 33.6 Å². The lowest BCUT2D eigenvalue weighted by molar-refractivity contribution is -0.385. The molecule has 0 spiro atoms. The lowest BCUT2D eigenvalue weighted by atomic mass is 10.2. The summed E-state index contributed by atoms with van der Waals surface area (Å²) in [6.07, 6.45) is -1.01. The molecule has 142 valence electrons. The third-order valence-electron chi connectivity index (χ3n) is 3.45. The molecule has 27 heavy (non-hydrogen) atoms. The van der Waals surface area contributed by atoms with Crippen molar-refractivity contribution in [2.45, 2.75) is 13.0 Å². The van der Waals surface area contributed by atoms with Crippen LogP contribution in [0.2, 0.25) is 5.02 Å². The standard InChI is InChI=1S/C16H14ClN3O7/c1-9(27-14-6-4-10(19(22)23)7-12(14)17)16(21)18-13-5-3-11(20(24)25)8-15(13)26-2/h3-9H,1-2H3,(H,18,21)/t9-/m1/s1. The van der Waals surface area contributed by atoms with Gasteiger partial charge in [0.1, 0.15) is 11.5 Å². The molecule has 2 aromatic rings. The van der Waals surface area contributed by atoms with E-state index in [1.807, 2.05) is 0 Å². The molecule has 11 heteroatoms. The zero-order chi connectivity index (χ0) is 20.1. The number of anilines is 1. The normalized spacial score (nSPS) is 11.4. The van der Waals surface area contributed by atoms with Crippen molar-refractivity contribution in [2.75, 3.05) is 12.4 Å². The molecule has 0 saturated heterocycles. The Hall–Kier alpha value is -3.40. The van der Waals surface area contributed by atoms with Crippen molar-refractivity contribution in [1.29, 1.82) is 0 Å². The molecule has 10 nitrogen and oxygen atoms in total. The molecule has 0 saturated carbocycles. The van der Waals surface area contributed by atoms with Gasteiger partial charge in [0.25, 0.3) is 17.3 Å². The number of rotatable bonds is 7. The lowest BCUT2D eigenvalue weighted by Gasteiger charge is -2.16. The molecule has 1 amide bonds. The quantitative estimate of drug-likeness (QED) is 0.559. The van der Waals surface area contributed by atoms with Crippen LogP contribution in [-0.2, 0) is 4.79 Å². The molecule has 0 fully saturated rings. The SMILES string of the molecule is COc1cc([N+](=O)[O-])ccc1NC(=O)[C@@H](C)Oc1ccc([N+](=O)[O-])cc1Cl. The van der Waals surface area contributed by atoms with E-state index < -0.39 is 21.9 Å². The van der Waals surface area contributed by atoms with Crippen molar-refractivity contribution in [3.63, 3.8) is 0 Å². The minimum absolute atomic E-state index is 0.0169. The van der Waals surface area contributed by atoms with Crippen molar-refractivity contribution >= 4 is 34.6 Å². The van der Waals surface area contributed by atoms with E-state index in [0.717, 1.165) is 6.07 Å². The van der Waals surface area contributed by atoms with Gasteiger partial charge in [-0.25, -0.2) is 0 Å². The van der Waals surface area contributed by atoms with Crippen LogP contribution in [0, 0.1) is 20.2 Å². The predicted octanol–water partition coefficient (Wildman–Crippen LogP) is 3.57. The van der Waals surface area contributed by atoms with Crippen LogP contribution in [0.25, 0.3) is 0 Å². The number of benzene rings is 2. The van der Waals surface area contributed by atoms with Gasteiger partial charge >= 0.3 is 0 Å². The first-order chi connectivity index (χ1) is 12.7. The zero-order valence-electron chi connectivity index (χ0n) is 14.2. The minimum Gasteiger partial charge on any atom is -0.494 e. The van der Waals surface area contributed by atoms with Gasteiger partial charge in [-0.2, -0.15) is 0 Å². The third kappa shape index (κ3) is 4.82. The number of hydrogen-bond donors (Lipinski definition) is 1. The molecule has 0 aliphatic heterocycles. The number of ether oxygens (including phenoxy) is 2. The highest BCUT2D eigenvalue weighted by Crippen LogP contribution is 2.31. The molecular weight excluding hydrogens is 382 g/mol. The minimum atomic E-state index is -1.01. The Morgan fingerprint density at radius 1 is 1.07 bits per heavy atom. The summed E-state index contributed by atoms with van der Waals surface area (Å²) in [5.41, 5.74) is -0.176. The highest BCUT2D eigenvalue weighted by atomic mass is 35.5. The Kier molecular flexibility index (Phi) is 6.14. The van der Waals surface area contributed by atoms with E-state index in [0.29, 0.717) is 0 Å². The van der Waals surface area contributed by atoms with Gasteiger partial charge in [0.2, 0.25) is 0 Å². The Balaban J connectivity index is 2.12. The van der Waals surface area contributed by atoms with Crippen LogP contribution < -0.4 is 14.8 Å². The second-order valence-electron chi connectivity index (χ2n) is 5.26. The number of nitrogens with one attached hydrogen (secondary N) is 1. The molecule has 1 N–H and O–H groups in total. The average molecular weight is 396 g/mol. The number of methoxy groups -OCH3 is 1. The van der Waals surface area contributed by atoms with E-state index in [9.17, 15) is 25.0 Å². The third-order valence-corrected chi connectivity index (χ3v) is 3.75. The summed E-state index contributed by atoms with van der Waals surface area (Å²) in [6, 6.07) is 7.33. The first-order valence-electron chi connectivity index (χ1n) is 7.46. The van der Waals surface area contributed by atoms with Crippen molar-refractivity contribution in [3.8, 4) is 11.5 Å². The van der Waals surface area contributed by atoms with Crippen LogP contribution in [0.3, 0.4) is 0 Å². The largest absolute Gasteiger partial charge is 0.494 e. The van der Waals surface area contributed by atoms with Crippen molar-refractivity contribution in [3.05, 3.63) is 61.6 Å². The first kappa shape index (κ1) is 19.9. The maximum atomic E-state index is 12.3. The number of non-ortho nitro benzene ring substituents is 2. The molecule has 0 aromatic heterocycles. The summed E-state index contributed by atoms with van der Waals surface area (Å²) in [4.78, 5) is 32.6. The summed E-state index contributed by atoms with van der Waals surface area (Å²) in [6.45, 7) is 1.45. The summed E-state index contributed by atoms with van der Waals surface area (Å²) < 4.78 is 10.5. The predicted molar refractivity (Wildman–Crippen MR) is 96.5 cm³/mol. The number of halogens is 1. The van der Waals surface area contributed by atoms with Crippen LogP contribution >= 0.6 is 11.6 Å². The van der Waals surface area contributed by atoms with E-state index in [1.165, 1.54) is 44.4 Å². The molecule has 2 rings (SSSR count). The van der Waals surface area contributed by atoms with Crippen LogP contribution in [0.15, 0.2) is 36.4 Å². The van der Waals surface area contributed by atoms with E-state index >= 15 is 0 Å². The van der Waals surface area contributed by atoms with E-state index in [1.54, 1.807) is 0 Å². The van der Waals surface area contributed by atoms with Crippen molar-refractivity contribution < 1.29 is 24.1 Å². The molecule has 0 heterocycles. The average Bonchev–Trinajstić information content (AvgIpc) is 2.63. The molecule has 0 bridgehead atoms. The zero-order valence-corrected chi connectivity index (χ0v) is 14.9. The van der Waals surface area contributed by atoms with Gasteiger partial charge in [-0.1, -0.05) is 11.6 Å². The number of nitro benzene ring substituents is 2. The van der Waals surface area contributed by atoms with E-state index in [4.69, 9.17) is 21.1 Å². The maximum absolute atomic E-state index is 12.3. The Morgan fingerprint density at radius 3 is 2.22 bits per heavy atom. The van der Waals surface area contributed by atoms with Crippen LogP contribution in [0.1, 0.15) is 6.92 Å². The second kappa shape index (κ2) is 8.32. The topological polar surface area (TPSA) is 134 Å². The second-order valence-corrected chi connectivity index (χ2v) is 5.67. The molecular formula is C16H14ClN3O7. The van der Waals surface area contributed by atoms with Gasteiger partial charge in [-0.3, -0.25) is 25.0 Å². The van der Waals surface area contributed by atoms with Crippen LogP contribution in [0.5, 0.6) is 11.5 Å². The van der Waals surface area contributed by atoms with Gasteiger partial charge in [-0.05, 0) is 19.1 Å². The highest BCUT2D eigenvalue weighted by Gasteiger charge is 2.20. The smallest absolute Gasteiger partial charge is 0.273 e. The fourth-order valence-corrected chi connectivity index (χ4v) is 2.29. The van der Waals surface area contributed by atoms with Gasteiger partial charge in [0.05, 0.1) is 33.7 Å². The van der Waals surface area contributed by atoms with Crippen LogP contribution in [-0.4, -0.2) is 29.0 Å². The first-order valence-corrected chi connectivity index (χ1v) is 7.84. The summed E-state index contributed by atoms with van der Waals surface area (Å²) in [5, 5.41) is 24.0. The molecule has 0 aliphatic carbocycles. The van der Waals surface area contributed by atoms with Gasteiger partial charge in [0, 0.05) is 18.2 Å². The number of amides is 1. The number of nitro groups is 2. The molecule has 0 aliphatic rings. The van der Waals surface area contributed by atoms with Crippen molar-refractivity contribution in [1.82, 2.24) is 0 Å². The maximum Gasteiger partial charge on any atom is 0.273 e. The number of hydrogen-bond acceptors (Lipinski definition) is 7. The summed E-state index contributed by atoms with van der Waals surface area (Å²) >= 11 is 5.93. The number of carbonyl (C=O) groups excluding carboxylic acids is 1. The van der Waals surface area contributed by atoms with Crippen molar-refractivity contribution in [2.24, 2.45) is 0 Å². The van der Waals surface area contributed by atoms with Gasteiger partial charge in [-0.15, -0.1) is 0 Å². The Bertz CT molecular complexity index is 904. The molecule has 0 radical (unpaired) electrons. The summed E-state index contributed by atoms with van der Waals surface area (Å²) in [5.74, 6) is -0.365. The van der Waals surface area contributed by atoms with Gasteiger partial charge < -0.3 is 14.8 Å². The fraction of sp³-hybridized carbons (Fsp3) is 0.188. The molecule has 0 unspecified atom stereocenters. The van der Waals surface area contributed by atoms with Gasteiger partial charge in [0.15, 0.2) is 6.10 Å². The van der Waals surface area contributed by atoms with Crippen LogP contribution in [0.4, 0.5) is 17.1 Å². The number of carbonyl (C=O) groups is 1. The Labute approximate surface area is 157 Å². The summed E-state index contributed by atoms with van der Waals surface area (Å²) in [7, 11) is 1.31. The monoisotopic (exact) mass is 395 g/mol. The van der Waals surface area contributed by atoms with E-state index in [2.05, 4.69) is 5.32 Å². The Morgan fingerprint density at radius 2 is 1.67 bits per heavy atom. The lowest BCUT2D eigenvalue weighted by Crippen LogP contribution is -2.30. The molecule has 1 atom stereocenters. The molecule has 2 aromatic carbocycles. The highest BCUT2D eigenvalue weighted by molar-refractivity contribution is 6.32. The number of nitrogens with zero attached hydrogens (tertiary/aromatic N) is 2.